The zero-order chi connectivity index (χ0) is 0. The molecule has 1 nitrogen and oxygen atoms in total. The Kier molecular flexibility index (Phi) is 367. The van der Waals surface area contributed by atoms with Crippen molar-refractivity contribution in [3.63, 3.8) is 0 Å². The van der Waals surface area contributed by atoms with Gasteiger partial charge in [-0.2, -0.15) is 0 Å². The van der Waals surface area contributed by atoms with Crippen LogP contribution >= 0.6 is 0 Å². The third kappa shape index (κ3) is 22.0. The molecule has 0 N–H and O–H groups in total. The molecule has 0 spiro atoms. The Hall–Kier alpha value is 2.30. The molecular weight excluding hydrogens is 211 g/mol. The maximum Gasteiger partial charge on any atom is 2.00 e. The van der Waals surface area contributed by atoms with Gasteiger partial charge in [-0.1, -0.05) is 0 Å². The van der Waals surface area contributed by atoms with Gasteiger partial charge in [-0.25, -0.2) is 0 Å². The molecule has 0 saturated heterocycles. The summed E-state index contributed by atoms with van der Waals surface area (Å²) in [7, 11) is 0. The van der Waals surface area contributed by atoms with E-state index in [-0.39, 0.29) is 82.9 Å². The maximum atomic E-state index is 0. The van der Waals surface area contributed by atoms with Crippen molar-refractivity contribution in [1.82, 2.24) is 0 Å². The van der Waals surface area contributed by atoms with Crippen molar-refractivity contribution in [1.29, 1.82) is 0 Å². The topological polar surface area (TPSA) is 28.5 Å². The van der Waals surface area contributed by atoms with Crippen molar-refractivity contribution < 1.29 is 59.8 Å². The van der Waals surface area contributed by atoms with Gasteiger partial charge in [0.25, 0.3) is 0 Å². The predicted molar refractivity (Wildman–Crippen MR) is 8.66 cm³/mol. The van der Waals surface area contributed by atoms with E-state index in [0.29, 0.717) is 0 Å². The van der Waals surface area contributed by atoms with Crippen LogP contribution in [-0.2, 0) is 57.0 Å². The fourth-order valence-corrected chi connectivity index (χ4v) is 0. The second-order valence-electron chi connectivity index (χ2n) is 0. The third-order valence-electron chi connectivity index (χ3n) is 0. The van der Waals surface area contributed by atoms with Gasteiger partial charge in [0.1, 0.15) is 0 Å². The summed E-state index contributed by atoms with van der Waals surface area (Å²) in [6.45, 7) is 0. The van der Waals surface area contributed by atoms with E-state index in [1.54, 1.807) is 0 Å². The summed E-state index contributed by atoms with van der Waals surface area (Å²) in [5.74, 6) is 0. The van der Waals surface area contributed by atoms with E-state index in [1.807, 2.05) is 0 Å². The van der Waals surface area contributed by atoms with Gasteiger partial charge in [-0.3, -0.25) is 0 Å². The zero-order valence-corrected chi connectivity index (χ0v) is 7.01. The van der Waals surface area contributed by atoms with Gasteiger partial charge >= 0.3 is 40.1 Å². The molecule has 2 radical (unpaired) electrons. The van der Waals surface area contributed by atoms with Crippen LogP contribution in [0.3, 0.4) is 0 Å². The molecule has 0 saturated carbocycles. The summed E-state index contributed by atoms with van der Waals surface area (Å²) in [6, 6.07) is 0. The summed E-state index contributed by atoms with van der Waals surface area (Å²) in [5, 5.41) is 0. The van der Waals surface area contributed by atoms with Crippen LogP contribution in [0.15, 0.2) is 0 Å². The Labute approximate surface area is 82.2 Å². The normalized spacial score (nSPS) is 0. The Morgan fingerprint density at radius 1 is 1.20 bits per heavy atom. The van der Waals surface area contributed by atoms with Crippen molar-refractivity contribution in [2.75, 3.05) is 0 Å². The molecule has 0 unspecified atom stereocenters. The van der Waals surface area contributed by atoms with Gasteiger partial charge in [0.15, 0.2) is 0 Å². The fraction of sp³-hybridized carbons (Fsp3) is 0. The van der Waals surface area contributed by atoms with E-state index in [4.69, 9.17) is 0 Å². The second kappa shape index (κ2) is 33.5. The van der Waals surface area contributed by atoms with Gasteiger partial charge in [-0.15, -0.1) is 0 Å². The molecule has 0 atom stereocenters. The Balaban J connectivity index is 0. The molecule has 5 heavy (non-hydrogen) atoms. The quantitative estimate of drug-likeness (QED) is 0.495. The van der Waals surface area contributed by atoms with Crippen LogP contribution in [0.1, 0.15) is 2.85 Å². The number of hydrogen-bond donors (Lipinski definition) is 0. The summed E-state index contributed by atoms with van der Waals surface area (Å²) < 4.78 is 0. The summed E-state index contributed by atoms with van der Waals surface area (Å²) in [6.07, 6.45) is 0. The standard InChI is InChI=1S/Cr.Cu.Mg.Mn.O.2H/q;;2*+2;-2;2*-1. The molecule has 0 heterocycles. The van der Waals surface area contributed by atoms with Crippen LogP contribution in [0, 0.1) is 0 Å². The third-order valence-corrected chi connectivity index (χ3v) is 0. The van der Waals surface area contributed by atoms with Gasteiger partial charge in [0.05, 0.1) is 0 Å². The molecule has 0 aliphatic heterocycles. The molecular formula is H2CrCuMgMnO. The number of hydrogen-bond acceptors (Lipinski definition) is 0. The molecule has 0 aliphatic carbocycles. The van der Waals surface area contributed by atoms with Crippen molar-refractivity contribution in [2.45, 2.75) is 0 Å². The predicted octanol–water partition coefficient (Wildman–Crippen LogP) is -0.282. The molecule has 0 amide bonds. The van der Waals surface area contributed by atoms with Gasteiger partial charge in [-0.05, 0) is 0 Å². The van der Waals surface area contributed by atoms with Crippen LogP contribution < -0.4 is 0 Å². The van der Waals surface area contributed by atoms with E-state index >= 15 is 0 Å². The van der Waals surface area contributed by atoms with Crippen LogP contribution in [0.25, 0.3) is 0 Å². The fourth-order valence-electron chi connectivity index (χ4n) is 0. The van der Waals surface area contributed by atoms with Gasteiger partial charge in [0, 0.05) is 34.4 Å². The molecule has 0 aliphatic rings. The average Bonchev–Trinajstić information content (AvgIpc) is 0. The first-order valence-electron chi connectivity index (χ1n) is 0. The largest absolute Gasteiger partial charge is 2.00 e. The SMILES string of the molecule is [Cr].[Cu].[H-].[H-].[Mg+2].[Mn+2].[O-2]. The van der Waals surface area contributed by atoms with E-state index in [9.17, 15) is 0 Å². The van der Waals surface area contributed by atoms with Crippen LogP contribution in [-0.4, -0.2) is 23.1 Å². The van der Waals surface area contributed by atoms with E-state index < -0.39 is 0 Å². The summed E-state index contributed by atoms with van der Waals surface area (Å²) in [4.78, 5) is 0. The molecule has 0 aromatic heterocycles. The van der Waals surface area contributed by atoms with Crippen molar-refractivity contribution >= 4 is 23.1 Å². The first-order chi connectivity index (χ1) is 0. The summed E-state index contributed by atoms with van der Waals surface area (Å²) >= 11 is 0. The minimum absolute atomic E-state index is 0. The summed E-state index contributed by atoms with van der Waals surface area (Å²) in [5.41, 5.74) is 0. The van der Waals surface area contributed by atoms with E-state index in [0.717, 1.165) is 0 Å². The molecule has 0 aromatic rings. The Bertz CT molecular complexity index is 17.7. The van der Waals surface area contributed by atoms with Crippen LogP contribution in [0.5, 0.6) is 0 Å². The number of rotatable bonds is 0. The van der Waals surface area contributed by atoms with Crippen LogP contribution in [0.2, 0.25) is 0 Å². The molecule has 34 valence electrons. The smallest absolute Gasteiger partial charge is 2.00 e. The second-order valence-corrected chi connectivity index (χ2v) is 0. The van der Waals surface area contributed by atoms with E-state index in [1.165, 1.54) is 0 Å². The Morgan fingerprint density at radius 3 is 1.20 bits per heavy atom. The zero-order valence-electron chi connectivity index (χ0n) is 4.20. The molecule has 0 fully saturated rings. The minimum atomic E-state index is 0. The van der Waals surface area contributed by atoms with Crippen molar-refractivity contribution in [2.24, 2.45) is 0 Å². The van der Waals surface area contributed by atoms with Crippen molar-refractivity contribution in [3.05, 3.63) is 0 Å². The van der Waals surface area contributed by atoms with E-state index in [2.05, 4.69) is 0 Å². The molecule has 0 rings (SSSR count). The minimum Gasteiger partial charge on any atom is -2.00 e. The Morgan fingerprint density at radius 2 is 1.20 bits per heavy atom. The molecule has 0 aromatic carbocycles. The molecule has 5 heteroatoms. The van der Waals surface area contributed by atoms with Crippen molar-refractivity contribution in [3.8, 4) is 0 Å². The van der Waals surface area contributed by atoms with Crippen LogP contribution in [0.4, 0.5) is 0 Å². The van der Waals surface area contributed by atoms with Gasteiger partial charge < -0.3 is 8.33 Å². The first-order valence-corrected chi connectivity index (χ1v) is 0. The molecule has 0 bridgehead atoms. The first kappa shape index (κ1) is 54.8. The average molecular weight is 213 g/mol. The van der Waals surface area contributed by atoms with Gasteiger partial charge in [0.2, 0.25) is 0 Å². The monoisotopic (exact) mass is 212 g/mol. The maximum absolute atomic E-state index is 0.